The van der Waals surface area contributed by atoms with E-state index in [4.69, 9.17) is 16.9 Å². The number of hydrogen-bond donors (Lipinski definition) is 1. The zero-order valence-corrected chi connectivity index (χ0v) is 16.1. The lowest BCUT2D eigenvalue weighted by Gasteiger charge is -2.36. The summed E-state index contributed by atoms with van der Waals surface area (Å²) in [5.74, 6) is 1.63. The third-order valence-corrected chi connectivity index (χ3v) is 5.62. The SMILES string of the molecule is N#Cc1nc(NCc2ccc(N3CCN(CC4CC4)CC3)cc2)ccc1Cl. The van der Waals surface area contributed by atoms with Gasteiger partial charge in [0.25, 0.3) is 0 Å². The number of piperazine rings is 1. The molecule has 5 nitrogen and oxygen atoms in total. The summed E-state index contributed by atoms with van der Waals surface area (Å²) in [6.07, 6.45) is 2.86. The van der Waals surface area contributed by atoms with Gasteiger partial charge in [-0.15, -0.1) is 0 Å². The highest BCUT2D eigenvalue weighted by molar-refractivity contribution is 6.31. The van der Waals surface area contributed by atoms with Crippen molar-refractivity contribution in [3.63, 3.8) is 0 Å². The fraction of sp³-hybridized carbons (Fsp3) is 0.429. The maximum Gasteiger partial charge on any atom is 0.161 e. The van der Waals surface area contributed by atoms with Gasteiger partial charge in [-0.3, -0.25) is 4.90 Å². The van der Waals surface area contributed by atoms with Crippen molar-refractivity contribution in [2.75, 3.05) is 42.9 Å². The van der Waals surface area contributed by atoms with Gasteiger partial charge in [0.1, 0.15) is 11.9 Å². The summed E-state index contributed by atoms with van der Waals surface area (Å²) in [6.45, 7) is 6.51. The molecule has 0 amide bonds. The van der Waals surface area contributed by atoms with Gasteiger partial charge in [0, 0.05) is 45.0 Å². The van der Waals surface area contributed by atoms with Crippen molar-refractivity contribution in [1.29, 1.82) is 5.26 Å². The highest BCUT2D eigenvalue weighted by atomic mass is 35.5. The van der Waals surface area contributed by atoms with Crippen molar-refractivity contribution in [1.82, 2.24) is 9.88 Å². The molecule has 6 heteroatoms. The number of aromatic nitrogens is 1. The summed E-state index contributed by atoms with van der Waals surface area (Å²) in [6, 6.07) is 14.2. The number of nitrogens with zero attached hydrogens (tertiary/aromatic N) is 4. The molecule has 2 heterocycles. The highest BCUT2D eigenvalue weighted by Gasteiger charge is 2.26. The Balaban J connectivity index is 1.29. The van der Waals surface area contributed by atoms with Gasteiger partial charge in [-0.25, -0.2) is 4.98 Å². The average molecular weight is 382 g/mol. The summed E-state index contributed by atoms with van der Waals surface area (Å²) in [4.78, 5) is 9.30. The van der Waals surface area contributed by atoms with Crippen LogP contribution in [0.15, 0.2) is 36.4 Å². The molecule has 0 spiro atoms. The second-order valence-electron chi connectivity index (χ2n) is 7.39. The van der Waals surface area contributed by atoms with E-state index in [1.165, 1.54) is 43.7 Å². The van der Waals surface area contributed by atoms with E-state index in [1.54, 1.807) is 12.1 Å². The number of nitrogens with one attached hydrogen (secondary N) is 1. The minimum absolute atomic E-state index is 0.248. The van der Waals surface area contributed by atoms with Gasteiger partial charge in [0.15, 0.2) is 5.69 Å². The van der Waals surface area contributed by atoms with Gasteiger partial charge in [0.05, 0.1) is 5.02 Å². The van der Waals surface area contributed by atoms with E-state index in [9.17, 15) is 0 Å². The van der Waals surface area contributed by atoms with Crippen LogP contribution < -0.4 is 10.2 Å². The number of benzene rings is 1. The summed E-state index contributed by atoms with van der Waals surface area (Å²) in [5.41, 5.74) is 2.72. The quantitative estimate of drug-likeness (QED) is 0.825. The van der Waals surface area contributed by atoms with Gasteiger partial charge < -0.3 is 10.2 Å². The van der Waals surface area contributed by atoms with Crippen molar-refractivity contribution in [2.24, 2.45) is 5.92 Å². The molecular weight excluding hydrogens is 358 g/mol. The molecule has 2 aliphatic rings. The smallest absolute Gasteiger partial charge is 0.161 e. The van der Waals surface area contributed by atoms with Crippen LogP contribution in [0.4, 0.5) is 11.5 Å². The molecule has 1 aromatic carbocycles. The molecule has 140 valence electrons. The van der Waals surface area contributed by atoms with Gasteiger partial charge in [0.2, 0.25) is 0 Å². The normalized spacial score (nSPS) is 17.6. The van der Waals surface area contributed by atoms with Crippen LogP contribution in [-0.2, 0) is 6.54 Å². The molecule has 0 atom stereocenters. The standard InChI is InChI=1S/C21H24ClN5/c22-19-7-8-21(25-20(19)13-23)24-14-16-3-5-18(6-4-16)27-11-9-26(10-12-27)15-17-1-2-17/h3-8,17H,1-2,9-12,14-15H2,(H,24,25). The first-order valence-electron chi connectivity index (χ1n) is 9.58. The molecule has 1 N–H and O–H groups in total. The van der Waals surface area contributed by atoms with Crippen LogP contribution >= 0.6 is 11.6 Å². The van der Waals surface area contributed by atoms with E-state index in [1.807, 2.05) is 6.07 Å². The van der Waals surface area contributed by atoms with Gasteiger partial charge in [-0.1, -0.05) is 23.7 Å². The Bertz CT molecular complexity index is 817. The first-order chi connectivity index (χ1) is 13.2. The largest absolute Gasteiger partial charge is 0.369 e. The van der Waals surface area contributed by atoms with Crippen molar-refractivity contribution in [3.05, 3.63) is 52.7 Å². The van der Waals surface area contributed by atoms with Crippen LogP contribution in [0.25, 0.3) is 0 Å². The van der Waals surface area contributed by atoms with Gasteiger partial charge in [-0.2, -0.15) is 5.26 Å². The molecule has 4 rings (SSSR count). The minimum Gasteiger partial charge on any atom is -0.369 e. The number of nitriles is 1. The summed E-state index contributed by atoms with van der Waals surface area (Å²) >= 11 is 5.92. The summed E-state index contributed by atoms with van der Waals surface area (Å²) in [5, 5.41) is 12.6. The lowest BCUT2D eigenvalue weighted by molar-refractivity contribution is 0.248. The Morgan fingerprint density at radius 3 is 2.48 bits per heavy atom. The van der Waals surface area contributed by atoms with Crippen molar-refractivity contribution < 1.29 is 0 Å². The number of hydrogen-bond acceptors (Lipinski definition) is 5. The predicted octanol–water partition coefficient (Wildman–Crippen LogP) is 3.75. The molecule has 1 aliphatic carbocycles. The Hall–Kier alpha value is -2.29. The maximum atomic E-state index is 9.01. The average Bonchev–Trinajstić information content (AvgIpc) is 3.52. The molecule has 1 aliphatic heterocycles. The molecule has 1 saturated heterocycles. The van der Waals surface area contributed by atoms with Gasteiger partial charge in [-0.05, 0) is 48.6 Å². The second-order valence-corrected chi connectivity index (χ2v) is 7.80. The molecule has 2 aromatic rings. The number of rotatable bonds is 6. The summed E-state index contributed by atoms with van der Waals surface area (Å²) in [7, 11) is 0. The Labute approximate surface area is 165 Å². The predicted molar refractivity (Wildman–Crippen MR) is 109 cm³/mol. The topological polar surface area (TPSA) is 55.2 Å². The van der Waals surface area contributed by atoms with Crippen molar-refractivity contribution in [2.45, 2.75) is 19.4 Å². The van der Waals surface area contributed by atoms with Crippen molar-refractivity contribution >= 4 is 23.1 Å². The number of anilines is 2. The van der Waals surface area contributed by atoms with E-state index >= 15 is 0 Å². The monoisotopic (exact) mass is 381 g/mol. The zero-order chi connectivity index (χ0) is 18.6. The van der Waals surface area contributed by atoms with Crippen LogP contribution in [0.2, 0.25) is 5.02 Å². The molecule has 1 aromatic heterocycles. The second kappa shape index (κ2) is 8.16. The van der Waals surface area contributed by atoms with E-state index in [0.717, 1.165) is 19.0 Å². The minimum atomic E-state index is 0.248. The number of pyridine rings is 1. The molecule has 0 bridgehead atoms. The molecule has 1 saturated carbocycles. The van der Waals surface area contributed by atoms with E-state index in [0.29, 0.717) is 17.4 Å². The lowest BCUT2D eigenvalue weighted by Crippen LogP contribution is -2.47. The lowest BCUT2D eigenvalue weighted by atomic mass is 10.1. The van der Waals surface area contributed by atoms with Gasteiger partial charge >= 0.3 is 0 Å². The third kappa shape index (κ3) is 4.71. The first kappa shape index (κ1) is 18.1. The van der Waals surface area contributed by atoms with Crippen LogP contribution in [-0.4, -0.2) is 42.6 Å². The van der Waals surface area contributed by atoms with Crippen molar-refractivity contribution in [3.8, 4) is 6.07 Å². The van der Waals surface area contributed by atoms with E-state index < -0.39 is 0 Å². The maximum absolute atomic E-state index is 9.01. The fourth-order valence-electron chi connectivity index (χ4n) is 3.49. The fourth-order valence-corrected chi connectivity index (χ4v) is 3.64. The Morgan fingerprint density at radius 2 is 1.81 bits per heavy atom. The molecule has 2 fully saturated rings. The number of halogens is 1. The highest BCUT2D eigenvalue weighted by Crippen LogP contribution is 2.30. The third-order valence-electron chi connectivity index (χ3n) is 5.31. The molecule has 0 unspecified atom stereocenters. The first-order valence-corrected chi connectivity index (χ1v) is 9.96. The van der Waals surface area contributed by atoms with E-state index in [-0.39, 0.29) is 5.69 Å². The molecule has 0 radical (unpaired) electrons. The molecular formula is C21H24ClN5. The zero-order valence-electron chi connectivity index (χ0n) is 15.4. The van der Waals surface area contributed by atoms with Crippen LogP contribution in [0.3, 0.4) is 0 Å². The summed E-state index contributed by atoms with van der Waals surface area (Å²) < 4.78 is 0. The molecule has 27 heavy (non-hydrogen) atoms. The van der Waals surface area contributed by atoms with Crippen LogP contribution in [0, 0.1) is 17.2 Å². The van der Waals surface area contributed by atoms with E-state index in [2.05, 4.69) is 44.4 Å². The van der Waals surface area contributed by atoms with Crippen LogP contribution in [0.5, 0.6) is 0 Å². The Kier molecular flexibility index (Phi) is 5.47. The Morgan fingerprint density at radius 1 is 1.07 bits per heavy atom. The van der Waals surface area contributed by atoms with Crippen LogP contribution in [0.1, 0.15) is 24.1 Å².